The number of rotatable bonds is 2. The predicted octanol–water partition coefficient (Wildman–Crippen LogP) is 4.68. The minimum Gasteiger partial charge on any atom is -0.471 e. The van der Waals surface area contributed by atoms with Crippen LogP contribution in [0.4, 0.5) is 5.13 Å². The maximum Gasteiger partial charge on any atom is 0.190 e. The summed E-state index contributed by atoms with van der Waals surface area (Å²) in [6.45, 7) is 7.40. The fraction of sp³-hybridized carbons (Fsp3) is 0.353. The van der Waals surface area contributed by atoms with Gasteiger partial charge in [-0.3, -0.25) is 0 Å². The first-order valence-corrected chi connectivity index (χ1v) is 9.62. The Morgan fingerprint density at radius 2 is 2.04 bits per heavy atom. The van der Waals surface area contributed by atoms with Gasteiger partial charge in [0.1, 0.15) is 23.4 Å². The van der Waals surface area contributed by atoms with E-state index in [1.807, 2.05) is 6.07 Å². The van der Waals surface area contributed by atoms with Crippen molar-refractivity contribution in [1.82, 2.24) is 19.7 Å². The number of thiazole rings is 1. The number of hydrogen-bond acceptors (Lipinski definition) is 6. The summed E-state index contributed by atoms with van der Waals surface area (Å²) >= 11 is 13.9. The van der Waals surface area contributed by atoms with E-state index in [0.717, 1.165) is 21.4 Å². The van der Waals surface area contributed by atoms with Crippen LogP contribution in [-0.4, -0.2) is 26.5 Å². The highest BCUT2D eigenvalue weighted by molar-refractivity contribution is 7.18. The number of benzene rings is 1. The van der Waals surface area contributed by atoms with Crippen LogP contribution in [0.2, 0.25) is 10.0 Å². The minimum atomic E-state index is -0.128. The molecule has 4 rings (SSSR count). The Kier molecular flexibility index (Phi) is 4.33. The van der Waals surface area contributed by atoms with Crippen molar-refractivity contribution in [2.45, 2.75) is 32.7 Å². The predicted molar refractivity (Wildman–Crippen MR) is 104 cm³/mol. The van der Waals surface area contributed by atoms with Gasteiger partial charge in [-0.25, -0.2) is 14.6 Å². The van der Waals surface area contributed by atoms with Crippen LogP contribution in [0.3, 0.4) is 0 Å². The summed E-state index contributed by atoms with van der Waals surface area (Å²) in [5.41, 5.74) is 1.79. The van der Waals surface area contributed by atoms with E-state index in [9.17, 15) is 0 Å². The van der Waals surface area contributed by atoms with Crippen molar-refractivity contribution in [3.8, 4) is 10.8 Å². The average Bonchev–Trinajstić information content (AvgIpc) is 3.23. The zero-order valence-corrected chi connectivity index (χ0v) is 16.9. The maximum absolute atomic E-state index is 6.24. The first-order valence-electron chi connectivity index (χ1n) is 8.05. The van der Waals surface area contributed by atoms with Crippen molar-refractivity contribution < 1.29 is 4.74 Å². The van der Waals surface area contributed by atoms with Crippen molar-refractivity contribution in [3.63, 3.8) is 0 Å². The second-order valence-corrected chi connectivity index (χ2v) is 8.89. The van der Waals surface area contributed by atoms with Gasteiger partial charge in [-0.05, 0) is 12.1 Å². The van der Waals surface area contributed by atoms with E-state index in [4.69, 9.17) is 32.9 Å². The Bertz CT molecular complexity index is 949. The molecular weight excluding hydrogens is 393 g/mol. The molecule has 0 amide bonds. The lowest BCUT2D eigenvalue weighted by molar-refractivity contribution is 0.289. The number of aromatic nitrogens is 4. The molecule has 0 radical (unpaired) electrons. The van der Waals surface area contributed by atoms with Gasteiger partial charge >= 0.3 is 0 Å². The van der Waals surface area contributed by atoms with Crippen molar-refractivity contribution in [2.75, 3.05) is 11.6 Å². The second kappa shape index (κ2) is 6.40. The molecule has 0 spiro atoms. The normalized spacial score (nSPS) is 14.3. The molecule has 1 aliphatic heterocycles. The molecule has 0 saturated heterocycles. The molecule has 26 heavy (non-hydrogen) atoms. The molecule has 0 unspecified atom stereocenters. The fourth-order valence-corrected chi connectivity index (χ4v) is 4.59. The van der Waals surface area contributed by atoms with Gasteiger partial charge in [-0.1, -0.05) is 55.3 Å². The van der Waals surface area contributed by atoms with Crippen LogP contribution < -0.4 is 9.64 Å². The van der Waals surface area contributed by atoms with Gasteiger partial charge in [0.05, 0.1) is 17.3 Å². The van der Waals surface area contributed by atoms with E-state index >= 15 is 0 Å². The van der Waals surface area contributed by atoms with Gasteiger partial charge in [-0.2, -0.15) is 5.10 Å². The summed E-state index contributed by atoms with van der Waals surface area (Å²) in [5, 5.41) is 7.22. The van der Waals surface area contributed by atoms with Crippen LogP contribution in [0.5, 0.6) is 5.75 Å². The lowest BCUT2D eigenvalue weighted by Crippen LogP contribution is -2.32. The zero-order chi connectivity index (χ0) is 18.5. The van der Waals surface area contributed by atoms with E-state index in [1.54, 1.807) is 28.4 Å². The van der Waals surface area contributed by atoms with Gasteiger partial charge in [0.15, 0.2) is 11.9 Å². The second-order valence-electron chi connectivity index (χ2n) is 7.09. The first kappa shape index (κ1) is 17.6. The van der Waals surface area contributed by atoms with Gasteiger partial charge < -0.3 is 9.64 Å². The molecule has 3 aromatic rings. The Morgan fingerprint density at radius 3 is 2.73 bits per heavy atom. The molecule has 2 aromatic heterocycles. The molecule has 0 saturated carbocycles. The molecule has 0 bridgehead atoms. The van der Waals surface area contributed by atoms with Crippen LogP contribution in [-0.2, 0) is 12.0 Å². The molecular formula is C17H17Cl2N5OS. The number of nitrogens with zero attached hydrogens (tertiary/aromatic N) is 5. The SMILES string of the molecule is CC(C)(C)c1nc(N2COc3c(Cl)cc(Cl)cc3C2)sc1-n1cncn1. The van der Waals surface area contributed by atoms with Crippen LogP contribution in [0.15, 0.2) is 24.8 Å². The number of hydrogen-bond donors (Lipinski definition) is 0. The van der Waals surface area contributed by atoms with Crippen LogP contribution >= 0.6 is 34.5 Å². The van der Waals surface area contributed by atoms with E-state index in [1.165, 1.54) is 6.33 Å². The van der Waals surface area contributed by atoms with Crippen LogP contribution in [0.1, 0.15) is 32.0 Å². The maximum atomic E-state index is 6.24. The molecule has 136 valence electrons. The van der Waals surface area contributed by atoms with E-state index < -0.39 is 0 Å². The van der Waals surface area contributed by atoms with Crippen LogP contribution in [0, 0.1) is 0 Å². The highest BCUT2D eigenvalue weighted by atomic mass is 35.5. The Morgan fingerprint density at radius 1 is 1.23 bits per heavy atom. The lowest BCUT2D eigenvalue weighted by Gasteiger charge is -2.29. The smallest absolute Gasteiger partial charge is 0.190 e. The standard InChI is InChI=1S/C17H17Cl2N5OS/c1-17(2,3)14-15(24-8-20-7-21-24)26-16(22-14)23-6-10-4-11(18)5-12(19)13(10)25-9-23/h4-5,7-8H,6,9H2,1-3H3. The highest BCUT2D eigenvalue weighted by Gasteiger charge is 2.29. The molecule has 9 heteroatoms. The molecule has 6 nitrogen and oxygen atoms in total. The number of anilines is 1. The molecule has 1 aromatic carbocycles. The number of fused-ring (bicyclic) bond motifs is 1. The lowest BCUT2D eigenvalue weighted by atomic mass is 9.92. The molecule has 1 aliphatic rings. The average molecular weight is 410 g/mol. The molecule has 3 heterocycles. The summed E-state index contributed by atoms with van der Waals surface area (Å²) < 4.78 is 7.63. The van der Waals surface area contributed by atoms with Gasteiger partial charge in [0, 0.05) is 16.0 Å². The molecule has 0 fully saturated rings. The largest absolute Gasteiger partial charge is 0.471 e. The summed E-state index contributed by atoms with van der Waals surface area (Å²) in [7, 11) is 0. The zero-order valence-electron chi connectivity index (χ0n) is 14.5. The van der Waals surface area contributed by atoms with Crippen molar-refractivity contribution in [2.24, 2.45) is 0 Å². The number of halogens is 2. The molecule has 0 N–H and O–H groups in total. The van der Waals surface area contributed by atoms with Crippen molar-refractivity contribution >= 4 is 39.7 Å². The number of ether oxygens (including phenoxy) is 1. The van der Waals surface area contributed by atoms with Gasteiger partial charge in [0.2, 0.25) is 0 Å². The summed E-state index contributed by atoms with van der Waals surface area (Å²) in [6.07, 6.45) is 3.21. The summed E-state index contributed by atoms with van der Waals surface area (Å²) in [6, 6.07) is 3.58. The Hall–Kier alpha value is -1.83. The summed E-state index contributed by atoms with van der Waals surface area (Å²) in [5.74, 6) is 0.691. The first-order chi connectivity index (χ1) is 12.3. The summed E-state index contributed by atoms with van der Waals surface area (Å²) in [4.78, 5) is 11.0. The minimum absolute atomic E-state index is 0.128. The Labute approximate surface area is 165 Å². The molecule has 0 aliphatic carbocycles. The van der Waals surface area contributed by atoms with Crippen molar-refractivity contribution in [3.05, 3.63) is 46.1 Å². The quantitative estimate of drug-likeness (QED) is 0.614. The van der Waals surface area contributed by atoms with E-state index in [-0.39, 0.29) is 5.41 Å². The third-order valence-electron chi connectivity index (χ3n) is 4.02. The van der Waals surface area contributed by atoms with Gasteiger partial charge in [-0.15, -0.1) is 0 Å². The van der Waals surface area contributed by atoms with Crippen molar-refractivity contribution in [1.29, 1.82) is 0 Å². The monoisotopic (exact) mass is 409 g/mol. The third kappa shape index (κ3) is 3.15. The Balaban J connectivity index is 1.73. The topological polar surface area (TPSA) is 56.1 Å². The molecule has 0 atom stereocenters. The fourth-order valence-electron chi connectivity index (χ4n) is 2.80. The van der Waals surface area contributed by atoms with Crippen LogP contribution in [0.25, 0.3) is 5.00 Å². The van der Waals surface area contributed by atoms with Gasteiger partial charge in [0.25, 0.3) is 0 Å². The third-order valence-corrected chi connectivity index (χ3v) is 5.62. The van der Waals surface area contributed by atoms with E-state index in [0.29, 0.717) is 29.1 Å². The highest BCUT2D eigenvalue weighted by Crippen LogP contribution is 2.40. The van der Waals surface area contributed by atoms with E-state index in [2.05, 4.69) is 35.8 Å².